The molecule has 1 aliphatic rings. The number of nitrogens with two attached hydrogens (primary N) is 1. The van der Waals surface area contributed by atoms with Crippen LogP contribution >= 0.6 is 11.8 Å². The van der Waals surface area contributed by atoms with E-state index in [9.17, 15) is 8.78 Å². The molecule has 0 spiro atoms. The van der Waals surface area contributed by atoms with Crippen LogP contribution in [0.1, 0.15) is 5.56 Å². The first-order chi connectivity index (χ1) is 12.2. The number of ether oxygens (including phenoxy) is 2. The summed E-state index contributed by atoms with van der Waals surface area (Å²) in [6, 6.07) is 6.07. The number of hydrogen-bond acceptors (Lipinski definition) is 6. The Morgan fingerprint density at radius 3 is 2.69 bits per heavy atom. The molecule has 0 saturated carbocycles. The van der Waals surface area contributed by atoms with Crippen molar-refractivity contribution in [3.05, 3.63) is 36.0 Å². The van der Waals surface area contributed by atoms with Gasteiger partial charge in [-0.3, -0.25) is 0 Å². The Kier molecular flexibility index (Phi) is 7.09. The molecule has 0 fully saturated rings. The molecule has 0 aromatic heterocycles. The lowest BCUT2D eigenvalue weighted by atomic mass is 9.99. The first-order valence-corrected chi connectivity index (χ1v) is 13.3. The number of rotatable bonds is 9. The molecule has 2 rings (SSSR count). The lowest BCUT2D eigenvalue weighted by molar-refractivity contribution is -0.0561. The second kappa shape index (κ2) is 8.70. The van der Waals surface area contributed by atoms with E-state index >= 15 is 0 Å². The topological polar surface area (TPSA) is 59.8 Å². The highest BCUT2D eigenvalue weighted by Crippen LogP contribution is 2.37. The van der Waals surface area contributed by atoms with Gasteiger partial charge in [0.15, 0.2) is 0 Å². The number of alkyl halides is 2. The van der Waals surface area contributed by atoms with E-state index < -0.39 is 20.3 Å². The van der Waals surface area contributed by atoms with Crippen molar-refractivity contribution in [2.24, 2.45) is 5.73 Å². The van der Waals surface area contributed by atoms with Gasteiger partial charge in [-0.15, -0.1) is 11.8 Å². The Morgan fingerprint density at radius 1 is 1.35 bits per heavy atom. The largest absolute Gasteiger partial charge is 0.434 e. The van der Waals surface area contributed by atoms with Crippen LogP contribution in [0.5, 0.6) is 5.75 Å². The predicted molar refractivity (Wildman–Crippen MR) is 104 cm³/mol. The molecule has 0 radical (unpaired) electrons. The van der Waals surface area contributed by atoms with E-state index in [-0.39, 0.29) is 12.5 Å². The van der Waals surface area contributed by atoms with Crippen molar-refractivity contribution in [3.63, 3.8) is 0 Å². The van der Waals surface area contributed by atoms with Crippen LogP contribution in [0.3, 0.4) is 0 Å². The van der Waals surface area contributed by atoms with E-state index in [1.807, 2.05) is 6.26 Å². The highest BCUT2D eigenvalue weighted by atomic mass is 32.2. The Labute approximate surface area is 158 Å². The molecule has 0 bridgehead atoms. The van der Waals surface area contributed by atoms with Crippen molar-refractivity contribution in [1.29, 1.82) is 0 Å². The fraction of sp³-hybridized carbons (Fsp3) is 0.529. The lowest BCUT2D eigenvalue weighted by Crippen LogP contribution is -2.53. The summed E-state index contributed by atoms with van der Waals surface area (Å²) in [5, 5.41) is 1.68. The van der Waals surface area contributed by atoms with Crippen LogP contribution in [0.15, 0.2) is 35.4 Å². The summed E-state index contributed by atoms with van der Waals surface area (Å²) >= 11 is 1.51. The third kappa shape index (κ3) is 5.43. The molecule has 1 aliphatic heterocycles. The highest BCUT2D eigenvalue weighted by Gasteiger charge is 2.39. The quantitative estimate of drug-likeness (QED) is 0.372. The number of halogens is 2. The van der Waals surface area contributed by atoms with Gasteiger partial charge in [0.2, 0.25) is 0 Å². The van der Waals surface area contributed by atoms with Gasteiger partial charge in [0, 0.05) is 31.3 Å². The third-order valence-electron chi connectivity index (χ3n) is 4.07. The molecule has 5 nitrogen and oxygen atoms in total. The van der Waals surface area contributed by atoms with Gasteiger partial charge < -0.3 is 20.6 Å². The maximum absolute atomic E-state index is 12.8. The minimum atomic E-state index is -2.92. The van der Waals surface area contributed by atoms with Crippen molar-refractivity contribution in [1.82, 2.24) is 10.4 Å². The van der Waals surface area contributed by atoms with E-state index in [0.29, 0.717) is 12.2 Å². The number of benzene rings is 1. The Hall–Kier alpha value is -1.13. The molecule has 9 heteroatoms. The zero-order chi connectivity index (χ0) is 19.4. The Morgan fingerprint density at radius 2 is 2.08 bits per heavy atom. The van der Waals surface area contributed by atoms with Crippen LogP contribution in [0.4, 0.5) is 8.78 Å². The molecule has 1 heterocycles. The monoisotopic (exact) mass is 403 g/mol. The van der Waals surface area contributed by atoms with Gasteiger partial charge in [-0.2, -0.15) is 13.8 Å². The number of nitrogens with one attached hydrogen (secondary N) is 1. The van der Waals surface area contributed by atoms with Gasteiger partial charge in [0.05, 0.1) is 0 Å². The van der Waals surface area contributed by atoms with E-state index in [1.165, 1.54) is 17.8 Å². The first kappa shape index (κ1) is 21.2. The number of hydrazine groups is 1. The Balaban J connectivity index is 2.19. The summed E-state index contributed by atoms with van der Waals surface area (Å²) < 4.78 is 36.1. The minimum absolute atomic E-state index is 0.0562. The van der Waals surface area contributed by atoms with Crippen LogP contribution in [-0.2, 0) is 10.4 Å². The molecule has 3 N–H and O–H groups in total. The number of thioether (sulfide) groups is 1. The summed E-state index contributed by atoms with van der Waals surface area (Å²) in [6.07, 6.45) is 5.31. The lowest BCUT2D eigenvalue weighted by Gasteiger charge is -2.35. The third-order valence-corrected chi connectivity index (χ3v) is 6.49. The van der Waals surface area contributed by atoms with Crippen molar-refractivity contribution >= 4 is 19.8 Å². The molecule has 0 aliphatic carbocycles. The molecule has 146 valence electrons. The average Bonchev–Trinajstić information content (AvgIpc) is 2.92. The second-order valence-electron chi connectivity index (χ2n) is 7.30. The molecule has 1 aromatic rings. The van der Waals surface area contributed by atoms with Crippen LogP contribution < -0.4 is 15.9 Å². The average molecular weight is 404 g/mol. The maximum atomic E-state index is 12.8. The fourth-order valence-electron chi connectivity index (χ4n) is 2.51. The summed E-state index contributed by atoms with van der Waals surface area (Å²) in [6.45, 7) is 4.78. The van der Waals surface area contributed by atoms with E-state index in [1.54, 1.807) is 29.4 Å². The SMILES string of the molecule is CSc1ccc(OC(F)F)c(C2(N)C=CNN2COCC[Si](C)(C)C)c1. The van der Waals surface area contributed by atoms with Crippen LogP contribution in [0.2, 0.25) is 25.7 Å². The van der Waals surface area contributed by atoms with Gasteiger partial charge in [0.25, 0.3) is 0 Å². The van der Waals surface area contributed by atoms with Crippen LogP contribution in [-0.4, -0.2) is 39.3 Å². The molecule has 26 heavy (non-hydrogen) atoms. The normalized spacial score (nSPS) is 20.6. The van der Waals surface area contributed by atoms with Crippen molar-refractivity contribution < 1.29 is 18.3 Å². The second-order valence-corrected chi connectivity index (χ2v) is 13.8. The predicted octanol–water partition coefficient (Wildman–Crippen LogP) is 3.77. The van der Waals surface area contributed by atoms with E-state index in [2.05, 4.69) is 25.1 Å². The first-order valence-electron chi connectivity index (χ1n) is 8.37. The van der Waals surface area contributed by atoms with Crippen molar-refractivity contribution in [2.45, 2.75) is 42.9 Å². The zero-order valence-corrected chi connectivity index (χ0v) is 17.4. The summed E-state index contributed by atoms with van der Waals surface area (Å²) in [5.74, 6) is 0.0562. The molecular formula is C17H27F2N3O2SSi. The maximum Gasteiger partial charge on any atom is 0.387 e. The standard InChI is InChI=1S/C17H27F2N3O2SSi/c1-25-13-5-6-15(24-16(18)19)14(11-13)17(20)7-8-21-22(17)12-23-9-10-26(2,3)4/h5-8,11,16,21H,9-10,12,20H2,1-4H3. The van der Waals surface area contributed by atoms with Crippen molar-refractivity contribution in [2.75, 3.05) is 19.6 Å². The fourth-order valence-corrected chi connectivity index (χ4v) is 3.71. The molecule has 1 unspecified atom stereocenters. The molecule has 1 aromatic carbocycles. The zero-order valence-electron chi connectivity index (χ0n) is 15.6. The van der Waals surface area contributed by atoms with Gasteiger partial charge in [-0.05, 0) is 36.6 Å². The smallest absolute Gasteiger partial charge is 0.387 e. The van der Waals surface area contributed by atoms with Gasteiger partial charge >= 0.3 is 6.61 Å². The summed E-state index contributed by atoms with van der Waals surface area (Å²) in [5.41, 5.74) is 8.90. The van der Waals surface area contributed by atoms with Crippen LogP contribution in [0.25, 0.3) is 0 Å². The minimum Gasteiger partial charge on any atom is -0.434 e. The Bertz CT molecular complexity index is 643. The van der Waals surface area contributed by atoms with Crippen LogP contribution in [0, 0.1) is 0 Å². The number of hydrogen-bond donors (Lipinski definition) is 2. The molecule has 0 saturated heterocycles. The van der Waals surface area contributed by atoms with Gasteiger partial charge in [0.1, 0.15) is 18.1 Å². The molecular weight excluding hydrogens is 376 g/mol. The molecule has 0 amide bonds. The number of nitrogens with zero attached hydrogens (tertiary/aromatic N) is 1. The molecule has 1 atom stereocenters. The summed E-state index contributed by atoms with van der Waals surface area (Å²) in [7, 11) is -1.19. The van der Waals surface area contributed by atoms with Gasteiger partial charge in [-0.1, -0.05) is 19.6 Å². The summed E-state index contributed by atoms with van der Waals surface area (Å²) in [4.78, 5) is 0.909. The van der Waals surface area contributed by atoms with E-state index in [0.717, 1.165) is 10.9 Å². The highest BCUT2D eigenvalue weighted by molar-refractivity contribution is 7.98. The van der Waals surface area contributed by atoms with Gasteiger partial charge in [-0.25, -0.2) is 0 Å². The van der Waals surface area contributed by atoms with Crippen molar-refractivity contribution in [3.8, 4) is 5.75 Å². The van der Waals surface area contributed by atoms with E-state index in [4.69, 9.17) is 15.2 Å².